The number of ether oxygens (including phenoxy) is 1. The molecule has 0 spiro atoms. The summed E-state index contributed by atoms with van der Waals surface area (Å²) in [6, 6.07) is 0. The molecule has 0 unspecified atom stereocenters. The van der Waals surface area contributed by atoms with E-state index in [1.807, 2.05) is 5.38 Å². The van der Waals surface area contributed by atoms with Gasteiger partial charge in [-0.1, -0.05) is 5.16 Å². The Kier molecular flexibility index (Phi) is 2.65. The van der Waals surface area contributed by atoms with Crippen LogP contribution in [0, 0.1) is 0 Å². The van der Waals surface area contributed by atoms with Crippen LogP contribution in [0.2, 0.25) is 0 Å². The summed E-state index contributed by atoms with van der Waals surface area (Å²) < 4.78 is 10.5. The standard InChI is InChI=1S/C10H12N4O2S/c11-10(1-3-15-4-2-10)9-13-8(14-16-9)7-5-17-6-12-7/h5-6H,1-4,11H2. The summed E-state index contributed by atoms with van der Waals surface area (Å²) in [6.45, 7) is 1.26. The van der Waals surface area contributed by atoms with Gasteiger partial charge in [-0.3, -0.25) is 0 Å². The van der Waals surface area contributed by atoms with Crippen LogP contribution in [-0.2, 0) is 10.3 Å². The lowest BCUT2D eigenvalue weighted by Crippen LogP contribution is -2.42. The van der Waals surface area contributed by atoms with Crippen LogP contribution in [-0.4, -0.2) is 28.3 Å². The molecule has 7 heteroatoms. The molecular weight excluding hydrogens is 240 g/mol. The Bertz CT molecular complexity index is 490. The predicted octanol–water partition coefficient (Wildman–Crippen LogP) is 1.16. The van der Waals surface area contributed by atoms with E-state index in [1.54, 1.807) is 5.51 Å². The van der Waals surface area contributed by atoms with E-state index in [4.69, 9.17) is 15.0 Å². The number of rotatable bonds is 2. The summed E-state index contributed by atoms with van der Waals surface area (Å²) in [5.74, 6) is 0.973. The van der Waals surface area contributed by atoms with Gasteiger partial charge in [-0.2, -0.15) is 4.98 Å². The Morgan fingerprint density at radius 3 is 2.88 bits per heavy atom. The van der Waals surface area contributed by atoms with E-state index in [2.05, 4.69) is 15.1 Å². The van der Waals surface area contributed by atoms with Crippen molar-refractivity contribution in [2.75, 3.05) is 13.2 Å². The van der Waals surface area contributed by atoms with E-state index in [0.29, 0.717) is 37.8 Å². The molecule has 1 saturated heterocycles. The molecule has 3 rings (SSSR count). The number of hydrogen-bond donors (Lipinski definition) is 1. The normalized spacial score (nSPS) is 19.4. The van der Waals surface area contributed by atoms with Gasteiger partial charge in [0.25, 0.3) is 0 Å². The lowest BCUT2D eigenvalue weighted by atomic mass is 9.91. The van der Waals surface area contributed by atoms with E-state index < -0.39 is 5.54 Å². The maximum atomic E-state index is 6.25. The summed E-state index contributed by atoms with van der Waals surface area (Å²) in [5, 5.41) is 5.79. The molecule has 0 bridgehead atoms. The fourth-order valence-electron chi connectivity index (χ4n) is 1.80. The minimum atomic E-state index is -0.556. The quantitative estimate of drug-likeness (QED) is 0.863. The van der Waals surface area contributed by atoms with E-state index in [9.17, 15) is 0 Å². The van der Waals surface area contributed by atoms with Crippen LogP contribution in [0.5, 0.6) is 0 Å². The van der Waals surface area contributed by atoms with Gasteiger partial charge in [-0.25, -0.2) is 4.98 Å². The van der Waals surface area contributed by atoms with Crippen molar-refractivity contribution in [2.24, 2.45) is 5.73 Å². The third kappa shape index (κ3) is 1.97. The number of aromatic nitrogens is 3. The first-order valence-corrected chi connectivity index (χ1v) is 6.32. The number of thiazole rings is 1. The van der Waals surface area contributed by atoms with Crippen LogP contribution in [0.3, 0.4) is 0 Å². The minimum Gasteiger partial charge on any atom is -0.381 e. The minimum absolute atomic E-state index is 0.476. The Morgan fingerprint density at radius 2 is 2.18 bits per heavy atom. The van der Waals surface area contributed by atoms with Crippen LogP contribution in [0.15, 0.2) is 15.4 Å². The van der Waals surface area contributed by atoms with Crippen molar-refractivity contribution in [3.63, 3.8) is 0 Å². The van der Waals surface area contributed by atoms with Gasteiger partial charge in [-0.05, 0) is 12.8 Å². The van der Waals surface area contributed by atoms with Crippen LogP contribution in [0.4, 0.5) is 0 Å². The predicted molar refractivity (Wildman–Crippen MR) is 61.3 cm³/mol. The molecule has 17 heavy (non-hydrogen) atoms. The highest BCUT2D eigenvalue weighted by Crippen LogP contribution is 2.29. The molecule has 0 atom stereocenters. The number of hydrogen-bond acceptors (Lipinski definition) is 7. The zero-order chi connectivity index (χ0) is 11.7. The molecule has 6 nitrogen and oxygen atoms in total. The van der Waals surface area contributed by atoms with Gasteiger partial charge in [0.05, 0.1) is 5.51 Å². The number of nitrogens with zero attached hydrogens (tertiary/aromatic N) is 3. The topological polar surface area (TPSA) is 87.1 Å². The van der Waals surface area contributed by atoms with E-state index in [1.165, 1.54) is 11.3 Å². The summed E-state index contributed by atoms with van der Waals surface area (Å²) in [6.07, 6.45) is 1.40. The van der Waals surface area contributed by atoms with E-state index in [-0.39, 0.29) is 0 Å². The van der Waals surface area contributed by atoms with Crippen molar-refractivity contribution in [2.45, 2.75) is 18.4 Å². The maximum absolute atomic E-state index is 6.25. The lowest BCUT2D eigenvalue weighted by Gasteiger charge is -2.29. The molecule has 0 aromatic carbocycles. The molecule has 0 radical (unpaired) electrons. The van der Waals surface area contributed by atoms with Gasteiger partial charge >= 0.3 is 0 Å². The smallest absolute Gasteiger partial charge is 0.247 e. The van der Waals surface area contributed by atoms with Gasteiger partial charge < -0.3 is 15.0 Å². The Balaban J connectivity index is 1.89. The summed E-state index contributed by atoms with van der Waals surface area (Å²) in [7, 11) is 0. The highest BCUT2D eigenvalue weighted by atomic mass is 32.1. The average molecular weight is 252 g/mol. The Labute approximate surface area is 102 Å². The Morgan fingerprint density at radius 1 is 1.35 bits per heavy atom. The fourth-order valence-corrected chi connectivity index (χ4v) is 2.33. The molecule has 2 aromatic rings. The van der Waals surface area contributed by atoms with Crippen molar-refractivity contribution in [1.82, 2.24) is 15.1 Å². The van der Waals surface area contributed by atoms with Gasteiger partial charge in [0.1, 0.15) is 11.2 Å². The van der Waals surface area contributed by atoms with E-state index >= 15 is 0 Å². The fraction of sp³-hybridized carbons (Fsp3) is 0.500. The Hall–Kier alpha value is -1.31. The lowest BCUT2D eigenvalue weighted by molar-refractivity contribution is 0.0400. The molecule has 0 aliphatic carbocycles. The third-order valence-corrected chi connectivity index (χ3v) is 3.48. The van der Waals surface area contributed by atoms with Crippen molar-refractivity contribution in [3.05, 3.63) is 16.8 Å². The molecular formula is C10H12N4O2S. The molecule has 1 aliphatic rings. The second kappa shape index (κ2) is 4.17. The summed E-state index contributed by atoms with van der Waals surface area (Å²) in [5.41, 5.74) is 8.15. The molecule has 2 aromatic heterocycles. The largest absolute Gasteiger partial charge is 0.381 e. The van der Waals surface area contributed by atoms with Gasteiger partial charge in [-0.15, -0.1) is 11.3 Å². The van der Waals surface area contributed by atoms with Crippen LogP contribution < -0.4 is 5.73 Å². The molecule has 90 valence electrons. The molecule has 1 aliphatic heterocycles. The molecule has 3 heterocycles. The zero-order valence-electron chi connectivity index (χ0n) is 9.13. The van der Waals surface area contributed by atoms with Crippen molar-refractivity contribution >= 4 is 11.3 Å². The molecule has 0 amide bonds. The second-order valence-corrected chi connectivity index (χ2v) is 4.78. The van der Waals surface area contributed by atoms with Crippen LogP contribution in [0.1, 0.15) is 18.7 Å². The highest BCUT2D eigenvalue weighted by Gasteiger charge is 2.36. The third-order valence-electron chi connectivity index (χ3n) is 2.90. The second-order valence-electron chi connectivity index (χ2n) is 4.07. The zero-order valence-corrected chi connectivity index (χ0v) is 9.94. The van der Waals surface area contributed by atoms with Crippen LogP contribution in [0.25, 0.3) is 11.5 Å². The monoisotopic (exact) mass is 252 g/mol. The van der Waals surface area contributed by atoms with Gasteiger partial charge in [0, 0.05) is 18.6 Å². The first-order chi connectivity index (χ1) is 8.28. The maximum Gasteiger partial charge on any atom is 0.247 e. The van der Waals surface area contributed by atoms with E-state index in [0.717, 1.165) is 5.69 Å². The first-order valence-electron chi connectivity index (χ1n) is 5.37. The SMILES string of the molecule is NC1(c2nc(-c3cscn3)no2)CCOCC1. The molecule has 1 fully saturated rings. The highest BCUT2D eigenvalue weighted by molar-refractivity contribution is 7.07. The summed E-state index contributed by atoms with van der Waals surface area (Å²) in [4.78, 5) is 8.47. The van der Waals surface area contributed by atoms with Gasteiger partial charge in [0.15, 0.2) is 0 Å². The van der Waals surface area contributed by atoms with Crippen LogP contribution >= 0.6 is 11.3 Å². The first kappa shape index (κ1) is 10.8. The van der Waals surface area contributed by atoms with Crippen molar-refractivity contribution < 1.29 is 9.26 Å². The molecule has 2 N–H and O–H groups in total. The molecule has 0 saturated carbocycles. The van der Waals surface area contributed by atoms with Gasteiger partial charge in [0.2, 0.25) is 11.7 Å². The van der Waals surface area contributed by atoms with Crippen molar-refractivity contribution in [1.29, 1.82) is 0 Å². The summed E-state index contributed by atoms with van der Waals surface area (Å²) >= 11 is 1.49. The van der Waals surface area contributed by atoms with Crippen molar-refractivity contribution in [3.8, 4) is 11.5 Å². The number of nitrogens with two attached hydrogens (primary N) is 1. The average Bonchev–Trinajstić information content (AvgIpc) is 3.01.